The lowest BCUT2D eigenvalue weighted by Crippen LogP contribution is -2.40. The van der Waals surface area contributed by atoms with Gasteiger partial charge in [-0.05, 0) is 43.0 Å². The van der Waals surface area contributed by atoms with E-state index < -0.39 is 6.03 Å². The van der Waals surface area contributed by atoms with Crippen LogP contribution in [0, 0.1) is 11.3 Å². The second kappa shape index (κ2) is 11.8. The number of nitrogens with one attached hydrogen (secondary N) is 1. The summed E-state index contributed by atoms with van der Waals surface area (Å²) in [6.45, 7) is 1.93. The van der Waals surface area contributed by atoms with Crippen LogP contribution in [0.4, 0.5) is 22.1 Å². The van der Waals surface area contributed by atoms with Crippen LogP contribution >= 0.6 is 0 Å². The van der Waals surface area contributed by atoms with E-state index in [4.69, 9.17) is 9.47 Å². The number of methoxy groups -OCH3 is 1. The molecule has 204 valence electrons. The van der Waals surface area contributed by atoms with Crippen molar-refractivity contribution in [3.05, 3.63) is 71.2 Å². The summed E-state index contributed by atoms with van der Waals surface area (Å²) in [7, 11) is 1.67. The third kappa shape index (κ3) is 5.42. The number of hydrogen-bond acceptors (Lipinski definition) is 10. The molecule has 1 N–H and O–H groups in total. The van der Waals surface area contributed by atoms with Gasteiger partial charge in [-0.2, -0.15) is 5.26 Å². The molecule has 1 atom stereocenters. The number of carbonyl (C=O) groups excluding carboxylic acids is 3. The van der Waals surface area contributed by atoms with Gasteiger partial charge in [0.05, 0.1) is 30.2 Å². The van der Waals surface area contributed by atoms with E-state index in [1.807, 2.05) is 11.0 Å². The van der Waals surface area contributed by atoms with Crippen LogP contribution < -0.4 is 15.1 Å². The molecule has 2 aromatic rings. The van der Waals surface area contributed by atoms with Crippen molar-refractivity contribution in [2.24, 2.45) is 0 Å². The minimum absolute atomic E-state index is 0.0402. The summed E-state index contributed by atoms with van der Waals surface area (Å²) < 4.78 is 10.7. The molecule has 3 aliphatic rings. The Hall–Kier alpha value is -4.98. The highest BCUT2D eigenvalue weighted by Gasteiger charge is 2.28. The molecule has 0 unspecified atom stereocenters. The van der Waals surface area contributed by atoms with Gasteiger partial charge in [-0.3, -0.25) is 15.0 Å². The highest BCUT2D eigenvalue weighted by atomic mass is 16.5. The first kappa shape index (κ1) is 26.6. The van der Waals surface area contributed by atoms with E-state index in [2.05, 4.69) is 21.4 Å². The molecule has 0 saturated carbocycles. The number of hydrogen-bond donors (Lipinski definition) is 1. The van der Waals surface area contributed by atoms with Crippen LogP contribution in [0.5, 0.6) is 0 Å². The Morgan fingerprint density at radius 2 is 2.20 bits per heavy atom. The molecule has 5 heterocycles. The molecule has 12 heteroatoms. The molecule has 2 aromatic heterocycles. The smallest absolute Gasteiger partial charge is 0.328 e. The molecule has 3 aliphatic heterocycles. The molecule has 1 saturated heterocycles. The maximum Gasteiger partial charge on any atom is 0.328 e. The Morgan fingerprint density at radius 1 is 1.32 bits per heavy atom. The summed E-state index contributed by atoms with van der Waals surface area (Å²) in [4.78, 5) is 50.6. The van der Waals surface area contributed by atoms with E-state index in [9.17, 15) is 19.6 Å². The number of nitrogens with zero attached hydrogens (tertiary/aromatic N) is 6. The first-order valence-electron chi connectivity index (χ1n) is 12.8. The van der Waals surface area contributed by atoms with E-state index in [1.54, 1.807) is 37.5 Å². The van der Waals surface area contributed by atoms with Crippen molar-refractivity contribution in [2.45, 2.75) is 31.9 Å². The number of allylic oxidation sites excluding steroid dienone is 2. The zero-order chi connectivity index (χ0) is 28.1. The normalized spacial score (nSPS) is 17.9. The maximum atomic E-state index is 13.4. The van der Waals surface area contributed by atoms with Crippen molar-refractivity contribution in [3.63, 3.8) is 0 Å². The minimum Gasteiger partial charge on any atom is -0.440 e. The van der Waals surface area contributed by atoms with Gasteiger partial charge in [-0.25, -0.2) is 19.6 Å². The summed E-state index contributed by atoms with van der Waals surface area (Å²) in [5, 5.41) is 12.4. The Kier molecular flexibility index (Phi) is 7.87. The lowest BCUT2D eigenvalue weighted by Gasteiger charge is -2.29. The standard InChI is InChI=1S/C28H27N7O5/c1-39-22-6-9-33(16-22)24-12-25(30-14-21(24)13-29)32-28(38)35-8-4-5-19-11-20(23(17-36)31-27(19)35)15-34-7-2-3-10-40-26(34)18-37/h2-3,7,10-12,14,17,22H,4-6,8-9,15-16H2,1H3,(H,30,32,38)/t22-/m1/s1. The number of carbonyl (C=O) groups is 2. The van der Waals surface area contributed by atoms with Crippen molar-refractivity contribution >= 4 is 35.6 Å². The molecule has 0 aliphatic carbocycles. The predicted molar refractivity (Wildman–Crippen MR) is 145 cm³/mol. The van der Waals surface area contributed by atoms with Crippen LogP contribution in [0.1, 0.15) is 40.0 Å². The fourth-order valence-electron chi connectivity index (χ4n) is 4.99. The van der Waals surface area contributed by atoms with Crippen LogP contribution in [-0.4, -0.2) is 66.0 Å². The highest BCUT2D eigenvalue weighted by Crippen LogP contribution is 2.30. The van der Waals surface area contributed by atoms with Gasteiger partial charge in [0.15, 0.2) is 12.2 Å². The quantitative estimate of drug-likeness (QED) is 0.429. The van der Waals surface area contributed by atoms with Gasteiger partial charge in [0.2, 0.25) is 0 Å². The number of nitriles is 1. The van der Waals surface area contributed by atoms with Crippen LogP contribution in [0.25, 0.3) is 0 Å². The molecule has 5 rings (SSSR count). The van der Waals surface area contributed by atoms with E-state index >= 15 is 0 Å². The monoisotopic (exact) mass is 541 g/mol. The van der Waals surface area contributed by atoms with Crippen LogP contribution in [0.3, 0.4) is 0 Å². The lowest BCUT2D eigenvalue weighted by atomic mass is 10.0. The number of ether oxygens (including phenoxy) is 2. The molecular weight excluding hydrogens is 514 g/mol. The zero-order valence-corrected chi connectivity index (χ0v) is 21.9. The van der Waals surface area contributed by atoms with Crippen molar-refractivity contribution in [3.8, 4) is 6.07 Å². The summed E-state index contributed by atoms with van der Waals surface area (Å²) in [5.41, 5.74) is 2.62. The number of rotatable bonds is 6. The van der Waals surface area contributed by atoms with Crippen molar-refractivity contribution in [1.82, 2.24) is 14.9 Å². The fraction of sp³-hybridized carbons (Fsp3) is 0.321. The van der Waals surface area contributed by atoms with Gasteiger partial charge >= 0.3 is 6.03 Å². The predicted octanol–water partition coefficient (Wildman–Crippen LogP) is 2.90. The first-order valence-corrected chi connectivity index (χ1v) is 12.8. The number of urea groups is 1. The second-order valence-corrected chi connectivity index (χ2v) is 9.43. The molecule has 0 radical (unpaired) electrons. The van der Waals surface area contributed by atoms with Gasteiger partial charge in [0.25, 0.3) is 5.88 Å². The topological polar surface area (TPSA) is 141 Å². The number of aldehydes is 1. The number of amides is 2. The van der Waals surface area contributed by atoms with Gasteiger partial charge in [0, 0.05) is 50.8 Å². The number of aryl methyl sites for hydroxylation is 1. The average molecular weight is 542 g/mol. The third-order valence-corrected chi connectivity index (χ3v) is 7.01. The molecular formula is C28H27N7O5. The molecule has 0 bridgehead atoms. The van der Waals surface area contributed by atoms with E-state index in [1.165, 1.54) is 22.3 Å². The SMILES string of the molecule is CO[C@@H]1CCN(c2cc(NC(=O)N3CCCc4cc(CN5C=CC=COC5=C=O)c(C=O)nc43)ncc2C#N)C1. The lowest BCUT2D eigenvalue weighted by molar-refractivity contribution is 0.111. The second-order valence-electron chi connectivity index (χ2n) is 9.43. The van der Waals surface area contributed by atoms with Gasteiger partial charge in [-0.15, -0.1) is 0 Å². The van der Waals surface area contributed by atoms with Gasteiger partial charge in [0.1, 0.15) is 23.4 Å². The maximum absolute atomic E-state index is 13.4. The largest absolute Gasteiger partial charge is 0.440 e. The number of anilines is 3. The molecule has 2 amide bonds. The Balaban J connectivity index is 1.38. The van der Waals surface area contributed by atoms with Crippen molar-refractivity contribution in [2.75, 3.05) is 41.9 Å². The summed E-state index contributed by atoms with van der Waals surface area (Å²) in [6, 6.07) is 5.24. The molecule has 1 fully saturated rings. The number of aromatic nitrogens is 2. The Morgan fingerprint density at radius 3 is 2.95 bits per heavy atom. The van der Waals surface area contributed by atoms with Crippen molar-refractivity contribution in [1.29, 1.82) is 5.26 Å². The van der Waals surface area contributed by atoms with Crippen molar-refractivity contribution < 1.29 is 23.9 Å². The number of pyridine rings is 2. The van der Waals surface area contributed by atoms with E-state index in [0.29, 0.717) is 60.7 Å². The number of fused-ring (bicyclic) bond motifs is 1. The molecule has 12 nitrogen and oxygen atoms in total. The molecule has 0 spiro atoms. The Bertz CT molecular complexity index is 1470. The minimum atomic E-state index is -0.446. The summed E-state index contributed by atoms with van der Waals surface area (Å²) >= 11 is 0. The van der Waals surface area contributed by atoms with Crippen LogP contribution in [0.2, 0.25) is 0 Å². The van der Waals surface area contributed by atoms with Crippen LogP contribution in [0.15, 0.2) is 48.8 Å². The molecule has 0 aromatic carbocycles. The van der Waals surface area contributed by atoms with E-state index in [-0.39, 0.29) is 24.2 Å². The highest BCUT2D eigenvalue weighted by molar-refractivity contribution is 6.02. The Labute approximate surface area is 230 Å². The fourth-order valence-corrected chi connectivity index (χ4v) is 4.99. The first-order chi connectivity index (χ1) is 19.5. The summed E-state index contributed by atoms with van der Waals surface area (Å²) in [5.74, 6) is 2.41. The average Bonchev–Trinajstić information content (AvgIpc) is 3.36. The third-order valence-electron chi connectivity index (χ3n) is 7.01. The zero-order valence-electron chi connectivity index (χ0n) is 21.9. The van der Waals surface area contributed by atoms with Crippen LogP contribution in [-0.2, 0) is 27.2 Å². The molecule has 40 heavy (non-hydrogen) atoms. The van der Waals surface area contributed by atoms with Gasteiger partial charge < -0.3 is 19.3 Å². The van der Waals surface area contributed by atoms with E-state index in [0.717, 1.165) is 18.5 Å². The summed E-state index contributed by atoms with van der Waals surface area (Å²) in [6.07, 6.45) is 10.7. The van der Waals surface area contributed by atoms with Gasteiger partial charge in [-0.1, -0.05) is 0 Å².